The Balaban J connectivity index is 1.33. The highest BCUT2D eigenvalue weighted by Gasteiger charge is 2.23. The van der Waals surface area contributed by atoms with Gasteiger partial charge in [-0.2, -0.15) is 10.4 Å². The van der Waals surface area contributed by atoms with E-state index in [9.17, 15) is 19.6 Å². The van der Waals surface area contributed by atoms with Gasteiger partial charge in [0.2, 0.25) is 0 Å². The molecule has 200 valence electrons. The van der Waals surface area contributed by atoms with Crippen molar-refractivity contribution in [1.29, 1.82) is 5.26 Å². The Morgan fingerprint density at radius 2 is 1.77 bits per heavy atom. The summed E-state index contributed by atoms with van der Waals surface area (Å²) in [5.74, 6) is -1.68. The number of hydrazone groups is 1. The van der Waals surface area contributed by atoms with Gasteiger partial charge < -0.3 is 14.8 Å². The van der Waals surface area contributed by atoms with Gasteiger partial charge in [0, 0.05) is 10.4 Å². The first-order valence-corrected chi connectivity index (χ1v) is 13.4. The molecule has 4 aromatic rings. The van der Waals surface area contributed by atoms with Crippen molar-refractivity contribution in [3.8, 4) is 17.6 Å². The summed E-state index contributed by atoms with van der Waals surface area (Å²) in [4.78, 5) is 39.0. The molecule has 0 unspecified atom stereocenters. The fourth-order valence-electron chi connectivity index (χ4n) is 4.52. The average Bonchev–Trinajstić information content (AvgIpc) is 3.34. The lowest BCUT2D eigenvalue weighted by Gasteiger charge is -2.11. The van der Waals surface area contributed by atoms with E-state index in [0.29, 0.717) is 27.4 Å². The maximum Gasteiger partial charge on any atom is 0.343 e. The van der Waals surface area contributed by atoms with Crippen LogP contribution in [-0.2, 0) is 22.4 Å². The van der Waals surface area contributed by atoms with Crippen molar-refractivity contribution >= 4 is 51.1 Å². The predicted molar refractivity (Wildman–Crippen MR) is 152 cm³/mol. The third kappa shape index (κ3) is 5.55. The lowest BCUT2D eigenvalue weighted by Crippen LogP contribution is -2.32. The van der Waals surface area contributed by atoms with Crippen LogP contribution in [0.3, 0.4) is 0 Å². The minimum atomic E-state index is -0.997. The van der Waals surface area contributed by atoms with Crippen molar-refractivity contribution in [2.24, 2.45) is 5.10 Å². The van der Waals surface area contributed by atoms with E-state index in [2.05, 4.69) is 21.9 Å². The van der Waals surface area contributed by atoms with Crippen molar-refractivity contribution in [3.63, 3.8) is 0 Å². The van der Waals surface area contributed by atoms with Gasteiger partial charge in [0.15, 0.2) is 0 Å². The fraction of sp³-hybridized carbons (Fsp3) is 0.167. The van der Waals surface area contributed by atoms with Gasteiger partial charge in [-0.25, -0.2) is 10.2 Å². The monoisotopic (exact) mass is 552 g/mol. The quantitative estimate of drug-likeness (QED) is 0.114. The van der Waals surface area contributed by atoms with Crippen LogP contribution >= 0.6 is 11.3 Å². The highest BCUT2D eigenvalue weighted by atomic mass is 32.1. The molecule has 10 heteroatoms. The maximum absolute atomic E-state index is 12.8. The van der Waals surface area contributed by atoms with E-state index < -0.39 is 17.8 Å². The number of benzene rings is 3. The number of nitriles is 1. The van der Waals surface area contributed by atoms with Crippen LogP contribution in [0.5, 0.6) is 11.5 Å². The number of amides is 2. The Morgan fingerprint density at radius 3 is 2.55 bits per heavy atom. The molecule has 3 aromatic carbocycles. The molecule has 1 aromatic heterocycles. The number of rotatable bonds is 6. The van der Waals surface area contributed by atoms with Crippen molar-refractivity contribution < 1.29 is 23.9 Å². The number of anilines is 1. The number of nitrogens with one attached hydrogen (secondary N) is 2. The highest BCUT2D eigenvalue weighted by Crippen LogP contribution is 2.37. The zero-order valence-corrected chi connectivity index (χ0v) is 22.3. The van der Waals surface area contributed by atoms with Crippen LogP contribution in [-0.4, -0.2) is 31.1 Å². The second-order valence-corrected chi connectivity index (χ2v) is 10.1. The molecule has 0 saturated heterocycles. The van der Waals surface area contributed by atoms with E-state index in [1.54, 1.807) is 30.3 Å². The zero-order valence-electron chi connectivity index (χ0n) is 21.5. The molecule has 0 spiro atoms. The lowest BCUT2D eigenvalue weighted by molar-refractivity contribution is -0.136. The zero-order chi connectivity index (χ0) is 28.1. The minimum absolute atomic E-state index is 0.227. The van der Waals surface area contributed by atoms with Gasteiger partial charge in [-0.05, 0) is 72.4 Å². The molecule has 2 amide bonds. The van der Waals surface area contributed by atoms with Gasteiger partial charge in [0.05, 0.1) is 24.5 Å². The van der Waals surface area contributed by atoms with Gasteiger partial charge in [-0.1, -0.05) is 30.3 Å². The van der Waals surface area contributed by atoms with E-state index >= 15 is 0 Å². The van der Waals surface area contributed by atoms with Gasteiger partial charge in [-0.15, -0.1) is 11.3 Å². The Kier molecular flexibility index (Phi) is 7.84. The summed E-state index contributed by atoms with van der Waals surface area (Å²) in [5, 5.41) is 18.1. The van der Waals surface area contributed by atoms with E-state index in [1.165, 1.54) is 24.7 Å². The maximum atomic E-state index is 12.8. The van der Waals surface area contributed by atoms with Crippen molar-refractivity contribution in [2.75, 3.05) is 12.4 Å². The normalized spacial score (nSPS) is 12.4. The Bertz CT molecular complexity index is 1680. The molecule has 40 heavy (non-hydrogen) atoms. The first-order chi connectivity index (χ1) is 19.5. The first-order valence-electron chi connectivity index (χ1n) is 12.6. The highest BCUT2D eigenvalue weighted by molar-refractivity contribution is 7.16. The molecule has 0 bridgehead atoms. The molecule has 0 atom stereocenters. The largest absolute Gasteiger partial charge is 0.497 e. The number of nitrogens with zero attached hydrogens (tertiary/aromatic N) is 2. The molecule has 0 fully saturated rings. The van der Waals surface area contributed by atoms with E-state index in [4.69, 9.17) is 9.47 Å². The van der Waals surface area contributed by atoms with Crippen LogP contribution in [0, 0.1) is 11.3 Å². The molecular weight excluding hydrogens is 528 g/mol. The molecule has 2 N–H and O–H groups in total. The number of fused-ring (bicyclic) bond motifs is 2. The standard InChI is InChI=1S/C30H24N4O5S/c1-38-20-13-10-19(11-14-20)30(37)39-25-15-12-18-6-2-3-7-21(18)24(25)17-32-34-28(36)27(35)33-29-23(16-31)22-8-4-5-9-26(22)40-29/h2-3,6-7,10-15,17H,4-5,8-9H2,1H3,(H,33,35)(H,34,36)/b32-17-. The average molecular weight is 553 g/mol. The third-order valence-corrected chi connectivity index (χ3v) is 7.74. The number of carbonyl (C=O) groups excluding carboxylic acids is 3. The van der Waals surface area contributed by atoms with Gasteiger partial charge in [0.25, 0.3) is 0 Å². The van der Waals surface area contributed by atoms with Crippen molar-refractivity contribution in [1.82, 2.24) is 5.43 Å². The Labute approximate surface area is 234 Å². The van der Waals surface area contributed by atoms with E-state index in [-0.39, 0.29) is 5.75 Å². The Morgan fingerprint density at radius 1 is 1.00 bits per heavy atom. The van der Waals surface area contributed by atoms with E-state index in [0.717, 1.165) is 46.9 Å². The van der Waals surface area contributed by atoms with Crippen molar-refractivity contribution in [3.05, 3.63) is 87.8 Å². The van der Waals surface area contributed by atoms with Crippen LogP contribution in [0.25, 0.3) is 10.8 Å². The van der Waals surface area contributed by atoms with Crippen LogP contribution in [0.4, 0.5) is 5.00 Å². The summed E-state index contributed by atoms with van der Waals surface area (Å²) < 4.78 is 10.8. The second-order valence-electron chi connectivity index (χ2n) is 9.00. The van der Waals surface area contributed by atoms with Crippen LogP contribution in [0.15, 0.2) is 65.8 Å². The summed E-state index contributed by atoms with van der Waals surface area (Å²) in [6.45, 7) is 0. The number of methoxy groups -OCH3 is 1. The molecule has 0 radical (unpaired) electrons. The second kappa shape index (κ2) is 11.8. The summed E-state index contributed by atoms with van der Waals surface area (Å²) >= 11 is 1.33. The van der Waals surface area contributed by atoms with Crippen molar-refractivity contribution in [2.45, 2.75) is 25.7 Å². The number of carbonyl (C=O) groups is 3. The van der Waals surface area contributed by atoms with Gasteiger partial charge in [0.1, 0.15) is 22.6 Å². The molecule has 1 heterocycles. The van der Waals surface area contributed by atoms with Crippen LogP contribution < -0.4 is 20.2 Å². The molecule has 5 rings (SSSR count). The number of ether oxygens (including phenoxy) is 2. The summed E-state index contributed by atoms with van der Waals surface area (Å²) in [5.41, 5.74) is 4.37. The SMILES string of the molecule is COc1ccc(C(=O)Oc2ccc3ccccc3c2/C=N\NC(=O)C(=O)Nc2sc3c(c2C#N)CCCC3)cc1. The minimum Gasteiger partial charge on any atom is -0.497 e. The number of hydrogen-bond acceptors (Lipinski definition) is 8. The molecule has 1 aliphatic rings. The summed E-state index contributed by atoms with van der Waals surface area (Å²) in [6, 6.07) is 19.5. The molecule has 0 aliphatic heterocycles. The number of esters is 1. The first kappa shape index (κ1) is 26.6. The fourth-order valence-corrected chi connectivity index (χ4v) is 5.76. The molecule has 9 nitrogen and oxygen atoms in total. The number of thiophene rings is 1. The summed E-state index contributed by atoms with van der Waals surface area (Å²) in [6.07, 6.45) is 5.00. The lowest BCUT2D eigenvalue weighted by atomic mass is 9.96. The molecular formula is C30H24N4O5S. The summed E-state index contributed by atoms with van der Waals surface area (Å²) in [7, 11) is 1.54. The Hall–Kier alpha value is -5.01. The smallest absolute Gasteiger partial charge is 0.343 e. The van der Waals surface area contributed by atoms with E-state index in [1.807, 2.05) is 30.3 Å². The van der Waals surface area contributed by atoms with Gasteiger partial charge in [-0.3, -0.25) is 9.59 Å². The third-order valence-electron chi connectivity index (χ3n) is 6.54. The predicted octanol–water partition coefficient (Wildman–Crippen LogP) is 4.97. The number of hydrogen-bond donors (Lipinski definition) is 2. The van der Waals surface area contributed by atoms with Crippen LogP contribution in [0.1, 0.15) is 44.8 Å². The number of aryl methyl sites for hydroxylation is 1. The van der Waals surface area contributed by atoms with Crippen LogP contribution in [0.2, 0.25) is 0 Å². The molecule has 1 aliphatic carbocycles. The van der Waals surface area contributed by atoms with Gasteiger partial charge >= 0.3 is 17.8 Å². The molecule has 0 saturated carbocycles. The topological polar surface area (TPSA) is 130 Å².